The molecule has 7 heteroatoms. The van der Waals surface area contributed by atoms with Crippen molar-refractivity contribution in [3.05, 3.63) is 34.4 Å². The minimum absolute atomic E-state index is 0.232. The van der Waals surface area contributed by atoms with E-state index in [2.05, 4.69) is 0 Å². The normalized spacial score (nSPS) is 22.2. The number of carboxylic acid groups (broad SMARTS) is 1. The first kappa shape index (κ1) is 15.7. The first-order chi connectivity index (χ1) is 9.77. The molecule has 1 aromatic carbocycles. The second kappa shape index (κ2) is 5.60. The summed E-state index contributed by atoms with van der Waals surface area (Å²) in [6, 6.07) is 1.42. The number of amides is 1. The predicted molar refractivity (Wildman–Crippen MR) is 72.3 cm³/mol. The molecule has 0 bridgehead atoms. The molecule has 0 radical (unpaired) electrons. The average molecular weight is 318 g/mol. The van der Waals surface area contributed by atoms with E-state index in [0.717, 1.165) is 4.90 Å². The summed E-state index contributed by atoms with van der Waals surface area (Å²) in [7, 11) is 0. The van der Waals surface area contributed by atoms with Crippen LogP contribution >= 0.6 is 11.6 Å². The third-order valence-corrected chi connectivity index (χ3v) is 4.15. The van der Waals surface area contributed by atoms with Crippen molar-refractivity contribution in [2.45, 2.75) is 31.7 Å². The van der Waals surface area contributed by atoms with E-state index in [4.69, 9.17) is 11.6 Å². The molecule has 0 aliphatic carbocycles. The maximum Gasteiger partial charge on any atom is 0.329 e. The summed E-state index contributed by atoms with van der Waals surface area (Å²) in [5.41, 5.74) is -1.60. The number of hydrogen-bond donors (Lipinski definition) is 1. The molecule has 0 aromatic heterocycles. The molecule has 2 rings (SSSR count). The molecule has 4 nitrogen and oxygen atoms in total. The molecule has 1 N–H and O–H groups in total. The van der Waals surface area contributed by atoms with Crippen LogP contribution in [0.3, 0.4) is 0 Å². The number of piperidine rings is 1. The largest absolute Gasteiger partial charge is 0.480 e. The third kappa shape index (κ3) is 2.72. The molecule has 1 unspecified atom stereocenters. The number of aliphatic carboxylic acids is 1. The lowest BCUT2D eigenvalue weighted by molar-refractivity contribution is -0.150. The molecule has 1 aliphatic rings. The number of benzene rings is 1. The van der Waals surface area contributed by atoms with Crippen LogP contribution in [0.5, 0.6) is 0 Å². The maximum atomic E-state index is 13.3. The fraction of sp³-hybridized carbons (Fsp3) is 0.429. The standard InChI is InChI=1S/C14H14ClF2NO3/c1-14(13(20)21)4-2-3-5-18(14)12(19)8-6-10(16)11(17)7-9(8)15/h6-7H,2-5H2,1H3,(H,20,21). The van der Waals surface area contributed by atoms with E-state index in [1.165, 1.54) is 6.92 Å². The van der Waals surface area contributed by atoms with Gasteiger partial charge < -0.3 is 10.0 Å². The summed E-state index contributed by atoms with van der Waals surface area (Å²) in [6.07, 6.45) is 1.63. The molecule has 1 saturated heterocycles. The minimum Gasteiger partial charge on any atom is -0.480 e. The van der Waals surface area contributed by atoms with Crippen molar-refractivity contribution in [2.75, 3.05) is 6.54 Å². The smallest absolute Gasteiger partial charge is 0.329 e. The minimum atomic E-state index is -1.37. The van der Waals surface area contributed by atoms with Crippen LogP contribution in [-0.2, 0) is 4.79 Å². The van der Waals surface area contributed by atoms with Crippen molar-refractivity contribution in [3.8, 4) is 0 Å². The Morgan fingerprint density at radius 2 is 1.90 bits per heavy atom. The summed E-state index contributed by atoms with van der Waals surface area (Å²) in [4.78, 5) is 25.1. The molecule has 1 fully saturated rings. The van der Waals surface area contributed by atoms with Crippen LogP contribution in [0.4, 0.5) is 8.78 Å². The van der Waals surface area contributed by atoms with Crippen molar-refractivity contribution in [1.29, 1.82) is 0 Å². The van der Waals surface area contributed by atoms with E-state index in [1.807, 2.05) is 0 Å². The highest BCUT2D eigenvalue weighted by Crippen LogP contribution is 2.31. The van der Waals surface area contributed by atoms with Gasteiger partial charge in [-0.3, -0.25) is 4.79 Å². The van der Waals surface area contributed by atoms with Crippen LogP contribution < -0.4 is 0 Å². The summed E-state index contributed by atoms with van der Waals surface area (Å²) in [6.45, 7) is 1.68. The third-order valence-electron chi connectivity index (χ3n) is 3.84. The number of likely N-dealkylation sites (tertiary alicyclic amines) is 1. The lowest BCUT2D eigenvalue weighted by atomic mass is 9.88. The van der Waals surface area contributed by atoms with E-state index in [9.17, 15) is 23.5 Å². The molecule has 0 saturated carbocycles. The van der Waals surface area contributed by atoms with Gasteiger partial charge in [-0.2, -0.15) is 0 Å². The number of carbonyl (C=O) groups excluding carboxylic acids is 1. The first-order valence-corrected chi connectivity index (χ1v) is 6.85. The molecule has 1 aromatic rings. The molecular weight excluding hydrogens is 304 g/mol. The fourth-order valence-electron chi connectivity index (χ4n) is 2.50. The lowest BCUT2D eigenvalue weighted by Gasteiger charge is -2.41. The molecule has 0 spiro atoms. The molecule has 114 valence electrons. The van der Waals surface area contributed by atoms with Crippen molar-refractivity contribution in [3.63, 3.8) is 0 Å². The zero-order chi connectivity index (χ0) is 15.8. The van der Waals surface area contributed by atoms with E-state index in [0.29, 0.717) is 31.4 Å². The highest BCUT2D eigenvalue weighted by atomic mass is 35.5. The monoisotopic (exact) mass is 317 g/mol. The van der Waals surface area contributed by atoms with Crippen LogP contribution in [0.25, 0.3) is 0 Å². The number of halogens is 3. The Bertz CT molecular complexity index is 608. The Hall–Kier alpha value is -1.69. The molecule has 21 heavy (non-hydrogen) atoms. The molecule has 1 aliphatic heterocycles. The molecule has 1 heterocycles. The zero-order valence-electron chi connectivity index (χ0n) is 11.3. The van der Waals surface area contributed by atoms with Gasteiger partial charge in [-0.15, -0.1) is 0 Å². The number of rotatable bonds is 2. The lowest BCUT2D eigenvalue weighted by Crippen LogP contribution is -2.57. The average Bonchev–Trinajstić information content (AvgIpc) is 2.42. The van der Waals surface area contributed by atoms with Gasteiger partial charge in [-0.05, 0) is 38.3 Å². The van der Waals surface area contributed by atoms with Gasteiger partial charge in [0.15, 0.2) is 11.6 Å². The molecular formula is C14H14ClF2NO3. The van der Waals surface area contributed by atoms with Crippen LogP contribution in [0.15, 0.2) is 12.1 Å². The summed E-state index contributed by atoms with van der Waals surface area (Å²) >= 11 is 5.79. The topological polar surface area (TPSA) is 57.6 Å². The van der Waals surface area contributed by atoms with E-state index < -0.39 is 29.0 Å². The number of carboxylic acids is 1. The van der Waals surface area contributed by atoms with Crippen molar-refractivity contribution in [1.82, 2.24) is 4.90 Å². The van der Waals surface area contributed by atoms with Gasteiger partial charge in [-0.25, -0.2) is 13.6 Å². The van der Waals surface area contributed by atoms with E-state index in [-0.39, 0.29) is 17.1 Å². The zero-order valence-corrected chi connectivity index (χ0v) is 12.1. The quantitative estimate of drug-likeness (QED) is 0.853. The van der Waals surface area contributed by atoms with Gasteiger partial charge in [0, 0.05) is 6.54 Å². The Balaban J connectivity index is 2.43. The number of carbonyl (C=O) groups is 2. The maximum absolute atomic E-state index is 13.3. The van der Waals surface area contributed by atoms with Gasteiger partial charge in [-0.1, -0.05) is 11.6 Å². The Labute approximate surface area is 125 Å². The van der Waals surface area contributed by atoms with Crippen LogP contribution in [0, 0.1) is 11.6 Å². The predicted octanol–water partition coefficient (Wildman–Crippen LogP) is 3.09. The van der Waals surface area contributed by atoms with Crippen molar-refractivity contribution in [2.24, 2.45) is 0 Å². The van der Waals surface area contributed by atoms with Crippen molar-refractivity contribution < 1.29 is 23.5 Å². The number of nitrogens with zero attached hydrogens (tertiary/aromatic N) is 1. The summed E-state index contributed by atoms with van der Waals surface area (Å²) in [5.74, 6) is -4.19. The van der Waals surface area contributed by atoms with Gasteiger partial charge in [0.1, 0.15) is 5.54 Å². The van der Waals surface area contributed by atoms with Gasteiger partial charge in [0.2, 0.25) is 0 Å². The Kier molecular flexibility index (Phi) is 4.18. The van der Waals surface area contributed by atoms with Gasteiger partial charge in [0.05, 0.1) is 10.6 Å². The van der Waals surface area contributed by atoms with Crippen LogP contribution in [0.1, 0.15) is 36.5 Å². The Morgan fingerprint density at radius 3 is 2.52 bits per heavy atom. The van der Waals surface area contributed by atoms with Gasteiger partial charge >= 0.3 is 5.97 Å². The van der Waals surface area contributed by atoms with Gasteiger partial charge in [0.25, 0.3) is 5.91 Å². The van der Waals surface area contributed by atoms with E-state index in [1.54, 1.807) is 0 Å². The molecule has 1 amide bonds. The highest BCUT2D eigenvalue weighted by molar-refractivity contribution is 6.33. The van der Waals surface area contributed by atoms with Crippen LogP contribution in [-0.4, -0.2) is 34.0 Å². The van der Waals surface area contributed by atoms with Crippen molar-refractivity contribution >= 4 is 23.5 Å². The second-order valence-electron chi connectivity index (χ2n) is 5.24. The SMILES string of the molecule is CC1(C(=O)O)CCCCN1C(=O)c1cc(F)c(F)cc1Cl. The number of hydrogen-bond acceptors (Lipinski definition) is 2. The highest BCUT2D eigenvalue weighted by Gasteiger charge is 2.44. The van der Waals surface area contributed by atoms with E-state index >= 15 is 0 Å². The van der Waals surface area contributed by atoms with Crippen LogP contribution in [0.2, 0.25) is 5.02 Å². The molecule has 1 atom stereocenters. The fourth-order valence-corrected chi connectivity index (χ4v) is 2.73. The second-order valence-corrected chi connectivity index (χ2v) is 5.65. The first-order valence-electron chi connectivity index (χ1n) is 6.47. The summed E-state index contributed by atoms with van der Waals surface area (Å²) < 4.78 is 26.4. The summed E-state index contributed by atoms with van der Waals surface area (Å²) in [5, 5.41) is 9.13. The Morgan fingerprint density at radius 1 is 1.29 bits per heavy atom.